The van der Waals surface area contributed by atoms with E-state index in [0.717, 1.165) is 12.8 Å². The van der Waals surface area contributed by atoms with Crippen LogP contribution in [0.25, 0.3) is 0 Å². The third-order valence-corrected chi connectivity index (χ3v) is 5.18. The molecule has 114 valence electrons. The number of nitrogens with zero attached hydrogens (tertiary/aromatic N) is 1. The molecule has 1 amide bonds. The van der Waals surface area contributed by atoms with Gasteiger partial charge in [-0.3, -0.25) is 9.59 Å². The molecular weight excluding hydrogens is 254 g/mol. The SMILES string of the molecule is CC1CCC(C(C)C)C(N2CC(C(=O)O)CCC2=O)C1. The molecule has 1 N–H and O–H groups in total. The number of hydrogen-bond donors (Lipinski definition) is 1. The predicted octanol–water partition coefficient (Wildman–Crippen LogP) is 2.77. The summed E-state index contributed by atoms with van der Waals surface area (Å²) < 4.78 is 0. The summed E-state index contributed by atoms with van der Waals surface area (Å²) in [4.78, 5) is 25.4. The molecule has 1 heterocycles. The molecular formula is C16H27NO3. The van der Waals surface area contributed by atoms with Crippen LogP contribution in [0.1, 0.15) is 52.9 Å². The number of rotatable bonds is 3. The Hall–Kier alpha value is -1.06. The van der Waals surface area contributed by atoms with E-state index >= 15 is 0 Å². The zero-order valence-corrected chi connectivity index (χ0v) is 12.8. The van der Waals surface area contributed by atoms with Crippen LogP contribution in [0.15, 0.2) is 0 Å². The fourth-order valence-corrected chi connectivity index (χ4v) is 3.90. The summed E-state index contributed by atoms with van der Waals surface area (Å²) in [6.45, 7) is 7.09. The van der Waals surface area contributed by atoms with Crippen molar-refractivity contribution in [1.29, 1.82) is 0 Å². The van der Waals surface area contributed by atoms with Gasteiger partial charge in [-0.25, -0.2) is 0 Å². The zero-order chi connectivity index (χ0) is 14.9. The molecule has 2 fully saturated rings. The van der Waals surface area contributed by atoms with Crippen molar-refractivity contribution in [3.8, 4) is 0 Å². The molecule has 20 heavy (non-hydrogen) atoms. The van der Waals surface area contributed by atoms with E-state index in [0.29, 0.717) is 37.1 Å². The number of carboxylic acid groups (broad SMARTS) is 1. The van der Waals surface area contributed by atoms with Crippen LogP contribution in [0, 0.1) is 23.7 Å². The van der Waals surface area contributed by atoms with Crippen molar-refractivity contribution in [2.24, 2.45) is 23.7 Å². The second kappa shape index (κ2) is 6.15. The van der Waals surface area contributed by atoms with Gasteiger partial charge in [0.05, 0.1) is 5.92 Å². The van der Waals surface area contributed by atoms with Crippen molar-refractivity contribution < 1.29 is 14.7 Å². The van der Waals surface area contributed by atoms with Crippen molar-refractivity contribution in [3.63, 3.8) is 0 Å². The van der Waals surface area contributed by atoms with Crippen LogP contribution in [0.4, 0.5) is 0 Å². The molecule has 1 saturated carbocycles. The van der Waals surface area contributed by atoms with Gasteiger partial charge >= 0.3 is 5.97 Å². The third-order valence-electron chi connectivity index (χ3n) is 5.18. The molecule has 4 heteroatoms. The Kier molecular flexibility index (Phi) is 4.71. The van der Waals surface area contributed by atoms with E-state index in [2.05, 4.69) is 20.8 Å². The monoisotopic (exact) mass is 281 g/mol. The van der Waals surface area contributed by atoms with Gasteiger partial charge in [0.2, 0.25) is 5.91 Å². The Labute approximate surface area is 121 Å². The van der Waals surface area contributed by atoms with Gasteiger partial charge in [0.1, 0.15) is 0 Å². The lowest BCUT2D eigenvalue weighted by Crippen LogP contribution is -2.53. The van der Waals surface area contributed by atoms with E-state index in [4.69, 9.17) is 0 Å². The van der Waals surface area contributed by atoms with E-state index in [1.165, 1.54) is 6.42 Å². The molecule has 0 radical (unpaired) electrons. The lowest BCUT2D eigenvalue weighted by atomic mass is 9.72. The molecule has 1 saturated heterocycles. The first kappa shape index (κ1) is 15.3. The summed E-state index contributed by atoms with van der Waals surface area (Å²) in [6, 6.07) is 0.244. The maximum Gasteiger partial charge on any atom is 0.308 e. The van der Waals surface area contributed by atoms with Crippen molar-refractivity contribution >= 4 is 11.9 Å². The third kappa shape index (κ3) is 3.15. The van der Waals surface area contributed by atoms with Gasteiger partial charge < -0.3 is 10.0 Å². The summed E-state index contributed by atoms with van der Waals surface area (Å²) in [5.74, 6) is 0.721. The lowest BCUT2D eigenvalue weighted by Gasteiger charge is -2.46. The Morgan fingerprint density at radius 3 is 2.60 bits per heavy atom. The topological polar surface area (TPSA) is 57.6 Å². The van der Waals surface area contributed by atoms with Crippen LogP contribution in [0.5, 0.6) is 0 Å². The molecule has 4 nitrogen and oxygen atoms in total. The van der Waals surface area contributed by atoms with Gasteiger partial charge in [0.25, 0.3) is 0 Å². The standard InChI is InChI=1S/C16H27NO3/c1-10(2)13-6-4-11(3)8-14(13)17-9-12(16(19)20)5-7-15(17)18/h10-14H,4-9H2,1-3H3,(H,19,20). The molecule has 0 aromatic carbocycles. The van der Waals surface area contributed by atoms with Gasteiger partial charge in [-0.15, -0.1) is 0 Å². The number of piperidine rings is 1. The molecule has 0 bridgehead atoms. The molecule has 1 aliphatic carbocycles. The summed E-state index contributed by atoms with van der Waals surface area (Å²) in [7, 11) is 0. The van der Waals surface area contributed by atoms with E-state index in [9.17, 15) is 14.7 Å². The highest BCUT2D eigenvalue weighted by Gasteiger charge is 2.40. The Bertz CT molecular complexity index is 380. The Morgan fingerprint density at radius 2 is 2.00 bits per heavy atom. The highest BCUT2D eigenvalue weighted by Crippen LogP contribution is 2.38. The maximum atomic E-state index is 12.3. The minimum absolute atomic E-state index is 0.159. The van der Waals surface area contributed by atoms with Gasteiger partial charge in [-0.05, 0) is 37.0 Å². The number of likely N-dealkylation sites (tertiary alicyclic amines) is 1. The average molecular weight is 281 g/mol. The normalized spacial score (nSPS) is 35.4. The first-order valence-corrected chi connectivity index (χ1v) is 7.92. The van der Waals surface area contributed by atoms with Gasteiger partial charge in [0, 0.05) is 19.0 Å². The molecule has 2 rings (SSSR count). The average Bonchev–Trinajstić information content (AvgIpc) is 2.38. The maximum absolute atomic E-state index is 12.3. The van der Waals surface area contributed by atoms with Gasteiger partial charge in [0.15, 0.2) is 0 Å². The lowest BCUT2D eigenvalue weighted by molar-refractivity contribution is -0.150. The fraction of sp³-hybridized carbons (Fsp3) is 0.875. The van der Waals surface area contributed by atoms with Gasteiger partial charge in [-0.1, -0.05) is 27.2 Å². The van der Waals surface area contributed by atoms with Crippen LogP contribution in [-0.2, 0) is 9.59 Å². The molecule has 4 unspecified atom stereocenters. The largest absolute Gasteiger partial charge is 0.481 e. The predicted molar refractivity (Wildman–Crippen MR) is 77.2 cm³/mol. The number of carbonyl (C=O) groups excluding carboxylic acids is 1. The van der Waals surface area contributed by atoms with E-state index in [-0.39, 0.29) is 17.9 Å². The second-order valence-corrected chi connectivity index (χ2v) is 7.01. The van der Waals surface area contributed by atoms with Crippen molar-refractivity contribution in [2.75, 3.05) is 6.54 Å². The second-order valence-electron chi connectivity index (χ2n) is 7.01. The minimum atomic E-state index is -0.757. The van der Waals surface area contributed by atoms with Crippen molar-refractivity contribution in [3.05, 3.63) is 0 Å². The summed E-state index contributed by atoms with van der Waals surface area (Å²) in [5, 5.41) is 9.23. The van der Waals surface area contributed by atoms with Crippen LogP contribution in [0.3, 0.4) is 0 Å². The summed E-state index contributed by atoms with van der Waals surface area (Å²) in [6.07, 6.45) is 4.31. The van der Waals surface area contributed by atoms with Crippen LogP contribution in [0.2, 0.25) is 0 Å². The van der Waals surface area contributed by atoms with E-state index in [1.54, 1.807) is 0 Å². The molecule has 0 aromatic rings. The number of carbonyl (C=O) groups is 2. The van der Waals surface area contributed by atoms with Crippen LogP contribution < -0.4 is 0 Å². The summed E-state index contributed by atoms with van der Waals surface area (Å²) >= 11 is 0. The molecule has 4 atom stereocenters. The van der Waals surface area contributed by atoms with E-state index < -0.39 is 5.97 Å². The molecule has 0 spiro atoms. The highest BCUT2D eigenvalue weighted by molar-refractivity contribution is 5.80. The molecule has 2 aliphatic rings. The molecule has 1 aliphatic heterocycles. The first-order chi connectivity index (χ1) is 9.40. The summed E-state index contributed by atoms with van der Waals surface area (Å²) in [5.41, 5.74) is 0. The minimum Gasteiger partial charge on any atom is -0.481 e. The van der Waals surface area contributed by atoms with E-state index in [1.807, 2.05) is 4.90 Å². The van der Waals surface area contributed by atoms with Crippen molar-refractivity contribution in [1.82, 2.24) is 4.90 Å². The van der Waals surface area contributed by atoms with Crippen LogP contribution >= 0.6 is 0 Å². The quantitative estimate of drug-likeness (QED) is 0.865. The first-order valence-electron chi connectivity index (χ1n) is 7.92. The zero-order valence-electron chi connectivity index (χ0n) is 12.8. The number of aliphatic carboxylic acids is 1. The number of carboxylic acids is 1. The smallest absolute Gasteiger partial charge is 0.308 e. The number of amides is 1. The van der Waals surface area contributed by atoms with Crippen LogP contribution in [-0.4, -0.2) is 34.5 Å². The Morgan fingerprint density at radius 1 is 1.30 bits per heavy atom. The highest BCUT2D eigenvalue weighted by atomic mass is 16.4. The molecule has 0 aromatic heterocycles. The van der Waals surface area contributed by atoms with Gasteiger partial charge in [-0.2, -0.15) is 0 Å². The van der Waals surface area contributed by atoms with Crippen molar-refractivity contribution in [2.45, 2.75) is 58.9 Å². The number of hydrogen-bond acceptors (Lipinski definition) is 2. The Balaban J connectivity index is 2.16. The fourth-order valence-electron chi connectivity index (χ4n) is 3.90.